The maximum Gasteiger partial charge on any atom is 0.331 e. The molecule has 9 heteroatoms. The van der Waals surface area contributed by atoms with Gasteiger partial charge in [0, 0.05) is 35.2 Å². The highest BCUT2D eigenvalue weighted by molar-refractivity contribution is 5.83. The summed E-state index contributed by atoms with van der Waals surface area (Å²) in [6, 6.07) is 0. The normalized spacial score (nSPS) is 53.1. The fourth-order valence-electron chi connectivity index (χ4n) is 8.34. The van der Waals surface area contributed by atoms with E-state index in [1.807, 2.05) is 0 Å². The Labute approximate surface area is 198 Å². The lowest BCUT2D eigenvalue weighted by molar-refractivity contribution is -0.350. The fraction of sp³-hybridized carbons (Fsp3) is 0.760. The molecule has 2 aliphatic heterocycles. The van der Waals surface area contributed by atoms with E-state index in [-0.39, 0.29) is 13.0 Å². The Morgan fingerprint density at radius 1 is 1.24 bits per heavy atom. The van der Waals surface area contributed by atoms with Gasteiger partial charge in [-0.2, -0.15) is 0 Å². The first-order chi connectivity index (χ1) is 15.8. The Hall–Kier alpha value is -1.78. The molecule has 2 saturated carbocycles. The van der Waals surface area contributed by atoms with Crippen molar-refractivity contribution < 1.29 is 44.2 Å². The fourth-order valence-corrected chi connectivity index (χ4v) is 8.34. The highest BCUT2D eigenvalue weighted by Gasteiger charge is 2.84. The van der Waals surface area contributed by atoms with Crippen molar-refractivity contribution in [2.75, 3.05) is 6.61 Å². The number of fused-ring (bicyclic) bond motifs is 1. The van der Waals surface area contributed by atoms with Crippen LogP contribution in [0.1, 0.15) is 41.0 Å². The summed E-state index contributed by atoms with van der Waals surface area (Å²) in [5.41, 5.74) is -0.920. The molecule has 12 atom stereocenters. The van der Waals surface area contributed by atoms with Crippen molar-refractivity contribution >= 4 is 11.9 Å². The minimum absolute atomic E-state index is 0.00746. The van der Waals surface area contributed by atoms with Gasteiger partial charge in [-0.1, -0.05) is 31.1 Å². The lowest BCUT2D eigenvalue weighted by Crippen LogP contribution is -2.79. The molecular weight excluding hydrogens is 444 g/mol. The van der Waals surface area contributed by atoms with Crippen LogP contribution in [0.2, 0.25) is 0 Å². The number of esters is 2. The van der Waals surface area contributed by atoms with Crippen LogP contribution in [0.4, 0.5) is 0 Å². The van der Waals surface area contributed by atoms with Crippen molar-refractivity contribution in [3.8, 4) is 0 Å². The first kappa shape index (κ1) is 23.9. The lowest BCUT2D eigenvalue weighted by atomic mass is 9.37. The number of ether oxygens (including phenoxy) is 3. The summed E-state index contributed by atoms with van der Waals surface area (Å²) in [5, 5.41) is 45.2. The van der Waals surface area contributed by atoms with E-state index in [0.29, 0.717) is 5.57 Å². The molecule has 4 N–H and O–H groups in total. The van der Waals surface area contributed by atoms with Crippen LogP contribution in [-0.2, 0) is 23.8 Å². The van der Waals surface area contributed by atoms with Gasteiger partial charge in [0.1, 0.15) is 18.3 Å². The summed E-state index contributed by atoms with van der Waals surface area (Å²) in [6.45, 7) is 8.75. The predicted molar refractivity (Wildman–Crippen MR) is 117 cm³/mol. The van der Waals surface area contributed by atoms with E-state index in [9.17, 15) is 30.0 Å². The summed E-state index contributed by atoms with van der Waals surface area (Å²) in [4.78, 5) is 25.7. The van der Waals surface area contributed by atoms with Crippen LogP contribution in [0.5, 0.6) is 0 Å². The van der Waals surface area contributed by atoms with Gasteiger partial charge in [-0.05, 0) is 32.6 Å². The molecule has 0 amide bonds. The van der Waals surface area contributed by atoms with Gasteiger partial charge in [0.15, 0.2) is 5.79 Å². The Balaban J connectivity index is 1.77. The average Bonchev–Trinajstić information content (AvgIpc) is 3.02. The third-order valence-corrected chi connectivity index (χ3v) is 9.39. The number of carbonyl (C=O) groups is 2. The van der Waals surface area contributed by atoms with Crippen molar-refractivity contribution in [2.24, 2.45) is 34.5 Å². The molecule has 9 nitrogen and oxygen atoms in total. The number of aliphatic hydroxyl groups is 4. The van der Waals surface area contributed by atoms with Gasteiger partial charge in [-0.3, -0.25) is 4.79 Å². The van der Waals surface area contributed by atoms with E-state index in [1.54, 1.807) is 34.6 Å². The molecule has 0 aromatic rings. The molecule has 34 heavy (non-hydrogen) atoms. The number of hydrogen-bond acceptors (Lipinski definition) is 9. The molecule has 4 fully saturated rings. The number of aliphatic hydroxyl groups excluding tert-OH is 3. The zero-order chi connectivity index (χ0) is 25.0. The second-order valence-electron chi connectivity index (χ2n) is 11.4. The number of allylic oxidation sites excluding steroid dienone is 1. The zero-order valence-corrected chi connectivity index (χ0v) is 20.1. The first-order valence-corrected chi connectivity index (χ1v) is 11.9. The van der Waals surface area contributed by atoms with Gasteiger partial charge in [-0.15, -0.1) is 0 Å². The Morgan fingerprint density at radius 3 is 2.56 bits per heavy atom. The predicted octanol–water partition coefficient (Wildman–Crippen LogP) is 0.446. The van der Waals surface area contributed by atoms with Gasteiger partial charge < -0.3 is 34.6 Å². The minimum Gasteiger partial charge on any atom is -0.458 e. The maximum atomic E-state index is 12.8. The Bertz CT molecular complexity index is 985. The van der Waals surface area contributed by atoms with Gasteiger partial charge in [0.05, 0.1) is 18.8 Å². The monoisotopic (exact) mass is 478 g/mol. The molecule has 3 unspecified atom stereocenters. The molecule has 5 aliphatic rings. The molecule has 0 radical (unpaired) electrons. The second kappa shape index (κ2) is 7.36. The average molecular weight is 479 g/mol. The first-order valence-electron chi connectivity index (χ1n) is 11.9. The Morgan fingerprint density at radius 2 is 1.91 bits per heavy atom. The van der Waals surface area contributed by atoms with Crippen LogP contribution in [-0.4, -0.2) is 75.3 Å². The molecule has 0 aromatic carbocycles. The quantitative estimate of drug-likeness (QED) is 0.253. The van der Waals surface area contributed by atoms with Crippen LogP contribution in [0.15, 0.2) is 23.3 Å². The van der Waals surface area contributed by atoms with Crippen molar-refractivity contribution in [1.82, 2.24) is 0 Å². The highest BCUT2D eigenvalue weighted by atomic mass is 16.7. The van der Waals surface area contributed by atoms with Crippen LogP contribution in [0.25, 0.3) is 0 Å². The summed E-state index contributed by atoms with van der Waals surface area (Å²) in [7, 11) is 0. The summed E-state index contributed by atoms with van der Waals surface area (Å²) < 4.78 is 17.9. The van der Waals surface area contributed by atoms with E-state index < -0.39 is 82.7 Å². The molecule has 5 rings (SSSR count). The van der Waals surface area contributed by atoms with E-state index in [0.717, 1.165) is 5.57 Å². The van der Waals surface area contributed by atoms with Crippen molar-refractivity contribution in [3.63, 3.8) is 0 Å². The minimum atomic E-state index is -2.03. The SMILES string of the molecule is CC(C)=CC(=O)O[C@@H]1[C@H]2C(C)=CC(O)C(O)[C@]2(C)[C@H]2C3(O)OC[C@@]24[C@@H]1OC(=O)C[C@H]4[C@@H](C)[C@H]3O. The van der Waals surface area contributed by atoms with Crippen LogP contribution in [0.3, 0.4) is 0 Å². The van der Waals surface area contributed by atoms with E-state index >= 15 is 0 Å². The molecular formula is C25H34O9. The number of hydrogen-bond donors (Lipinski definition) is 4. The molecule has 188 valence electrons. The molecule has 2 heterocycles. The molecule has 2 bridgehead atoms. The summed E-state index contributed by atoms with van der Waals surface area (Å²) in [6.07, 6.45) is -2.96. The van der Waals surface area contributed by atoms with E-state index in [1.165, 1.54) is 12.2 Å². The Kier molecular flexibility index (Phi) is 5.19. The van der Waals surface area contributed by atoms with Crippen LogP contribution in [0, 0.1) is 34.5 Å². The van der Waals surface area contributed by atoms with E-state index in [4.69, 9.17) is 14.2 Å². The van der Waals surface area contributed by atoms with Crippen molar-refractivity contribution in [3.05, 3.63) is 23.3 Å². The largest absolute Gasteiger partial charge is 0.458 e. The standard InChI is InChI=1S/C25H34O9/c1-10(2)6-15(27)33-18-17-11(3)7-14(26)20(30)23(17,5)22-24-9-32-25(22,31)19(29)12(4)13(24)8-16(28)34-21(18)24/h6-7,12-14,17-22,26,29-31H,8-9H2,1-5H3/t12-,13+,14?,17-,18-,19-,20?,21-,22-,23-,24-,25?/m1/s1. The smallest absolute Gasteiger partial charge is 0.331 e. The highest BCUT2D eigenvalue weighted by Crippen LogP contribution is 2.74. The number of rotatable bonds is 2. The number of carbonyl (C=O) groups excluding carboxylic acids is 2. The van der Waals surface area contributed by atoms with Crippen LogP contribution >= 0.6 is 0 Å². The van der Waals surface area contributed by atoms with E-state index in [2.05, 4.69) is 0 Å². The lowest BCUT2D eigenvalue weighted by Gasteiger charge is -2.69. The van der Waals surface area contributed by atoms with Gasteiger partial charge in [0.2, 0.25) is 0 Å². The van der Waals surface area contributed by atoms with Gasteiger partial charge in [-0.25, -0.2) is 4.79 Å². The third-order valence-electron chi connectivity index (χ3n) is 9.39. The van der Waals surface area contributed by atoms with Crippen molar-refractivity contribution in [2.45, 2.75) is 77.3 Å². The van der Waals surface area contributed by atoms with Gasteiger partial charge >= 0.3 is 11.9 Å². The topological polar surface area (TPSA) is 143 Å². The second-order valence-corrected chi connectivity index (χ2v) is 11.4. The molecule has 1 spiro atoms. The third kappa shape index (κ3) is 2.73. The zero-order valence-electron chi connectivity index (χ0n) is 20.1. The summed E-state index contributed by atoms with van der Waals surface area (Å²) in [5.74, 6) is -5.66. The summed E-state index contributed by atoms with van der Waals surface area (Å²) >= 11 is 0. The molecule has 3 aliphatic carbocycles. The van der Waals surface area contributed by atoms with Crippen LogP contribution < -0.4 is 0 Å². The van der Waals surface area contributed by atoms with Crippen molar-refractivity contribution in [1.29, 1.82) is 0 Å². The maximum absolute atomic E-state index is 12.8. The van der Waals surface area contributed by atoms with Gasteiger partial charge in [0.25, 0.3) is 0 Å². The molecule has 0 aromatic heterocycles. The molecule has 2 saturated heterocycles.